The molecule has 0 spiro atoms. The second-order valence-electron chi connectivity index (χ2n) is 9.44. The lowest BCUT2D eigenvalue weighted by Crippen LogP contribution is -2.44. The molecule has 5 nitrogen and oxygen atoms in total. The van der Waals surface area contributed by atoms with Gasteiger partial charge < -0.3 is 14.8 Å². The molecule has 178 valence electrons. The van der Waals surface area contributed by atoms with E-state index in [9.17, 15) is 9.59 Å². The number of nitrogens with one attached hydrogen (secondary N) is 1. The first-order valence-electron chi connectivity index (χ1n) is 12.3. The minimum Gasteiger partial charge on any atom is -0.361 e. The molecule has 35 heavy (non-hydrogen) atoms. The number of nitrogens with zero attached hydrogens (tertiary/aromatic N) is 2. The fourth-order valence-corrected chi connectivity index (χ4v) is 4.54. The first-order chi connectivity index (χ1) is 17.1. The number of hydrogen-bond acceptors (Lipinski definition) is 2. The summed E-state index contributed by atoms with van der Waals surface area (Å²) in [6, 6.07) is 26.0. The summed E-state index contributed by atoms with van der Waals surface area (Å²) in [6.45, 7) is 3.29. The highest BCUT2D eigenvalue weighted by Crippen LogP contribution is 2.28. The van der Waals surface area contributed by atoms with Crippen molar-refractivity contribution in [1.82, 2.24) is 14.8 Å². The number of para-hydroxylation sites is 1. The SMILES string of the molecule is Cc1ccc(CN(CCc2c[nH]c3ccccc23)C(=O)CN(C(=O)c2ccccc2)C2CC2)cc1. The van der Waals surface area contributed by atoms with Crippen molar-refractivity contribution in [3.05, 3.63) is 107 Å². The number of benzene rings is 3. The second kappa shape index (κ2) is 10.2. The maximum atomic E-state index is 13.6. The number of hydrogen-bond donors (Lipinski definition) is 1. The topological polar surface area (TPSA) is 56.4 Å². The molecule has 5 heteroatoms. The molecule has 1 aliphatic carbocycles. The van der Waals surface area contributed by atoms with Gasteiger partial charge in [0.1, 0.15) is 6.54 Å². The van der Waals surface area contributed by atoms with Gasteiger partial charge in [0, 0.05) is 41.8 Å². The fraction of sp³-hybridized carbons (Fsp3) is 0.267. The normalized spacial score (nSPS) is 13.1. The van der Waals surface area contributed by atoms with Crippen LogP contribution in [0.2, 0.25) is 0 Å². The highest BCUT2D eigenvalue weighted by Gasteiger charge is 2.35. The van der Waals surface area contributed by atoms with Crippen LogP contribution in [0.5, 0.6) is 0 Å². The van der Waals surface area contributed by atoms with Crippen molar-refractivity contribution in [3.8, 4) is 0 Å². The number of amides is 2. The van der Waals surface area contributed by atoms with Crippen LogP contribution in [0.15, 0.2) is 85.1 Å². The van der Waals surface area contributed by atoms with E-state index in [0.717, 1.165) is 30.3 Å². The average molecular weight is 466 g/mol. The molecule has 0 saturated heterocycles. The van der Waals surface area contributed by atoms with Crippen molar-refractivity contribution >= 4 is 22.7 Å². The predicted molar refractivity (Wildman–Crippen MR) is 139 cm³/mol. The number of H-pyrrole nitrogens is 1. The van der Waals surface area contributed by atoms with Crippen LogP contribution in [0.1, 0.15) is 39.9 Å². The van der Waals surface area contributed by atoms with Crippen LogP contribution >= 0.6 is 0 Å². The number of fused-ring (bicyclic) bond motifs is 1. The smallest absolute Gasteiger partial charge is 0.254 e. The standard InChI is InChI=1S/C30H31N3O2/c1-22-11-13-23(14-12-22)20-32(18-17-25-19-31-28-10-6-5-9-27(25)28)29(34)21-33(26-15-16-26)30(35)24-7-3-2-4-8-24/h2-14,19,26,31H,15-18,20-21H2,1H3. The Balaban J connectivity index is 1.35. The molecule has 1 fully saturated rings. The summed E-state index contributed by atoms with van der Waals surface area (Å²) in [7, 11) is 0. The molecule has 1 N–H and O–H groups in total. The zero-order valence-electron chi connectivity index (χ0n) is 20.1. The molecular formula is C30H31N3O2. The van der Waals surface area contributed by atoms with Gasteiger partial charge in [-0.15, -0.1) is 0 Å². The maximum absolute atomic E-state index is 13.6. The summed E-state index contributed by atoms with van der Waals surface area (Å²) in [5, 5.41) is 1.19. The average Bonchev–Trinajstić information content (AvgIpc) is 3.65. The molecule has 4 aromatic rings. The number of aryl methyl sites for hydroxylation is 1. The first-order valence-corrected chi connectivity index (χ1v) is 12.3. The van der Waals surface area contributed by atoms with E-state index >= 15 is 0 Å². The molecular weight excluding hydrogens is 434 g/mol. The Morgan fingerprint density at radius 3 is 2.37 bits per heavy atom. The third-order valence-electron chi connectivity index (χ3n) is 6.75. The van der Waals surface area contributed by atoms with Gasteiger partial charge in [-0.3, -0.25) is 9.59 Å². The summed E-state index contributed by atoms with van der Waals surface area (Å²) in [5.41, 5.74) is 5.22. The van der Waals surface area contributed by atoms with Crippen molar-refractivity contribution in [1.29, 1.82) is 0 Å². The third-order valence-corrected chi connectivity index (χ3v) is 6.75. The largest absolute Gasteiger partial charge is 0.361 e. The van der Waals surface area contributed by atoms with Crippen molar-refractivity contribution in [2.24, 2.45) is 0 Å². The van der Waals surface area contributed by atoms with E-state index in [1.54, 1.807) is 4.90 Å². The number of aromatic amines is 1. The van der Waals surface area contributed by atoms with Crippen LogP contribution in [0.3, 0.4) is 0 Å². The van der Waals surface area contributed by atoms with Gasteiger partial charge in [0.05, 0.1) is 0 Å². The van der Waals surface area contributed by atoms with E-state index in [-0.39, 0.29) is 24.4 Å². The Hall–Kier alpha value is -3.86. The second-order valence-corrected chi connectivity index (χ2v) is 9.44. The van der Waals surface area contributed by atoms with E-state index in [1.165, 1.54) is 16.5 Å². The molecule has 0 aliphatic heterocycles. The summed E-state index contributed by atoms with van der Waals surface area (Å²) >= 11 is 0. The summed E-state index contributed by atoms with van der Waals surface area (Å²) < 4.78 is 0. The summed E-state index contributed by atoms with van der Waals surface area (Å²) in [5.74, 6) is -0.0741. The summed E-state index contributed by atoms with van der Waals surface area (Å²) in [6.07, 6.45) is 4.70. The molecule has 2 amide bonds. The Morgan fingerprint density at radius 2 is 1.63 bits per heavy atom. The fourth-order valence-electron chi connectivity index (χ4n) is 4.54. The summed E-state index contributed by atoms with van der Waals surface area (Å²) in [4.78, 5) is 33.9. The number of rotatable bonds is 9. The van der Waals surface area contributed by atoms with E-state index in [2.05, 4.69) is 48.3 Å². The quantitative estimate of drug-likeness (QED) is 0.362. The lowest BCUT2D eigenvalue weighted by atomic mass is 10.1. The monoisotopic (exact) mass is 465 g/mol. The van der Waals surface area contributed by atoms with Crippen molar-refractivity contribution in [3.63, 3.8) is 0 Å². The van der Waals surface area contributed by atoms with Crippen LogP contribution in [-0.4, -0.2) is 45.7 Å². The van der Waals surface area contributed by atoms with Crippen LogP contribution in [0.4, 0.5) is 0 Å². The van der Waals surface area contributed by atoms with Gasteiger partial charge in [-0.2, -0.15) is 0 Å². The molecule has 0 radical (unpaired) electrons. The molecule has 1 saturated carbocycles. The van der Waals surface area contributed by atoms with Gasteiger partial charge in [-0.25, -0.2) is 0 Å². The van der Waals surface area contributed by atoms with E-state index in [1.807, 2.05) is 53.6 Å². The zero-order valence-corrected chi connectivity index (χ0v) is 20.1. The van der Waals surface area contributed by atoms with E-state index < -0.39 is 0 Å². The molecule has 0 bridgehead atoms. The van der Waals surface area contributed by atoms with Gasteiger partial charge >= 0.3 is 0 Å². The van der Waals surface area contributed by atoms with Crippen LogP contribution < -0.4 is 0 Å². The molecule has 1 heterocycles. The maximum Gasteiger partial charge on any atom is 0.254 e. The Kier molecular flexibility index (Phi) is 6.66. The number of carbonyl (C=O) groups excluding carboxylic acids is 2. The molecule has 3 aromatic carbocycles. The lowest BCUT2D eigenvalue weighted by Gasteiger charge is -2.28. The van der Waals surface area contributed by atoms with Gasteiger partial charge in [-0.1, -0.05) is 66.2 Å². The van der Waals surface area contributed by atoms with Gasteiger partial charge in [0.25, 0.3) is 5.91 Å². The zero-order chi connectivity index (χ0) is 24.2. The van der Waals surface area contributed by atoms with Gasteiger partial charge in [0.2, 0.25) is 5.91 Å². The Bertz CT molecular complexity index is 1310. The van der Waals surface area contributed by atoms with Gasteiger partial charge in [0.15, 0.2) is 0 Å². The minimum absolute atomic E-state index is 0.0124. The van der Waals surface area contributed by atoms with Crippen LogP contribution in [-0.2, 0) is 17.8 Å². The molecule has 1 aromatic heterocycles. The number of carbonyl (C=O) groups is 2. The molecule has 1 aliphatic rings. The molecule has 0 atom stereocenters. The predicted octanol–water partition coefficient (Wildman–Crippen LogP) is 5.35. The van der Waals surface area contributed by atoms with E-state index in [4.69, 9.17) is 0 Å². The highest BCUT2D eigenvalue weighted by atomic mass is 16.2. The Morgan fingerprint density at radius 1 is 0.914 bits per heavy atom. The van der Waals surface area contributed by atoms with Crippen molar-refractivity contribution in [2.45, 2.75) is 38.8 Å². The van der Waals surface area contributed by atoms with Crippen LogP contribution in [0, 0.1) is 6.92 Å². The lowest BCUT2D eigenvalue weighted by molar-refractivity contribution is -0.132. The highest BCUT2D eigenvalue weighted by molar-refractivity contribution is 5.97. The molecule has 5 rings (SSSR count). The number of aromatic nitrogens is 1. The van der Waals surface area contributed by atoms with Crippen molar-refractivity contribution in [2.75, 3.05) is 13.1 Å². The van der Waals surface area contributed by atoms with E-state index in [0.29, 0.717) is 18.7 Å². The Labute approximate surface area is 206 Å². The van der Waals surface area contributed by atoms with Crippen molar-refractivity contribution < 1.29 is 9.59 Å². The minimum atomic E-state index is -0.0617. The third kappa shape index (κ3) is 5.46. The van der Waals surface area contributed by atoms with Crippen LogP contribution in [0.25, 0.3) is 10.9 Å². The van der Waals surface area contributed by atoms with Gasteiger partial charge in [-0.05, 0) is 55.5 Å². The first kappa shape index (κ1) is 22.9. The molecule has 0 unspecified atom stereocenters.